The molecule has 0 amide bonds. The van der Waals surface area contributed by atoms with E-state index in [-0.39, 0.29) is 18.1 Å². The number of aromatic nitrogens is 2. The third-order valence-corrected chi connectivity index (χ3v) is 5.41. The van der Waals surface area contributed by atoms with Crippen molar-refractivity contribution in [3.8, 4) is 11.4 Å². The van der Waals surface area contributed by atoms with Gasteiger partial charge in [0.25, 0.3) is 0 Å². The normalized spacial score (nSPS) is 22.6. The van der Waals surface area contributed by atoms with Crippen LogP contribution in [0.5, 0.6) is 0 Å². The third-order valence-electron chi connectivity index (χ3n) is 5.41. The summed E-state index contributed by atoms with van der Waals surface area (Å²) in [6.45, 7) is 2.04. The predicted molar refractivity (Wildman–Crippen MR) is 93.0 cm³/mol. The lowest BCUT2D eigenvalue weighted by Gasteiger charge is -2.54. The van der Waals surface area contributed by atoms with E-state index in [4.69, 9.17) is 9.84 Å². The average Bonchev–Trinajstić information content (AvgIpc) is 3.03. The fourth-order valence-electron chi connectivity index (χ4n) is 3.84. The van der Waals surface area contributed by atoms with Crippen molar-refractivity contribution < 1.29 is 14.6 Å². The second-order valence-electron chi connectivity index (χ2n) is 7.11. The summed E-state index contributed by atoms with van der Waals surface area (Å²) >= 11 is 0. The molecule has 1 saturated heterocycles. The number of aliphatic carboxylic acids is 1. The van der Waals surface area contributed by atoms with Crippen LogP contribution in [0.15, 0.2) is 36.5 Å². The zero-order valence-electron chi connectivity index (χ0n) is 14.1. The summed E-state index contributed by atoms with van der Waals surface area (Å²) in [5, 5.41) is 9.06. The van der Waals surface area contributed by atoms with Gasteiger partial charge in [-0.15, -0.1) is 0 Å². The second kappa shape index (κ2) is 6.61. The number of benzene rings is 1. The van der Waals surface area contributed by atoms with E-state index >= 15 is 0 Å². The minimum absolute atomic E-state index is 0.0603. The number of H-pyrrole nitrogens is 1. The molecule has 1 aromatic carbocycles. The number of hydrogen-bond donors (Lipinski definition) is 2. The van der Waals surface area contributed by atoms with E-state index in [1.54, 1.807) is 0 Å². The highest BCUT2D eigenvalue weighted by atomic mass is 16.5. The third kappa shape index (κ3) is 3.32. The van der Waals surface area contributed by atoms with E-state index in [1.165, 1.54) is 6.42 Å². The summed E-state index contributed by atoms with van der Waals surface area (Å²) < 4.78 is 5.84. The van der Waals surface area contributed by atoms with Gasteiger partial charge in [-0.2, -0.15) is 0 Å². The van der Waals surface area contributed by atoms with Crippen LogP contribution in [0.1, 0.15) is 31.4 Å². The average molecular weight is 341 g/mol. The topological polar surface area (TPSA) is 78.5 Å². The number of aromatic amines is 1. The number of hydrogen-bond acceptors (Lipinski definition) is 4. The van der Waals surface area contributed by atoms with Gasteiger partial charge in [-0.1, -0.05) is 30.3 Å². The van der Waals surface area contributed by atoms with Gasteiger partial charge in [-0.25, -0.2) is 4.98 Å². The smallest absolute Gasteiger partial charge is 0.306 e. The van der Waals surface area contributed by atoms with Crippen LogP contribution in [-0.2, 0) is 16.1 Å². The molecule has 6 nitrogen and oxygen atoms in total. The van der Waals surface area contributed by atoms with Crippen molar-refractivity contribution in [3.63, 3.8) is 0 Å². The molecule has 1 spiro atoms. The Balaban J connectivity index is 1.49. The Hall–Kier alpha value is -2.18. The molecule has 0 radical (unpaired) electrons. The maximum absolute atomic E-state index is 11.0. The van der Waals surface area contributed by atoms with Gasteiger partial charge in [0.15, 0.2) is 0 Å². The maximum Gasteiger partial charge on any atom is 0.306 e. The van der Waals surface area contributed by atoms with E-state index in [1.807, 2.05) is 36.5 Å². The quantitative estimate of drug-likeness (QED) is 0.874. The van der Waals surface area contributed by atoms with Crippen molar-refractivity contribution in [1.29, 1.82) is 0 Å². The molecule has 6 heteroatoms. The van der Waals surface area contributed by atoms with Crippen molar-refractivity contribution >= 4 is 5.97 Å². The Bertz CT molecular complexity index is 739. The van der Waals surface area contributed by atoms with Gasteiger partial charge in [0.2, 0.25) is 0 Å². The summed E-state index contributed by atoms with van der Waals surface area (Å²) in [7, 11) is 0. The Morgan fingerprint density at radius 1 is 1.36 bits per heavy atom. The Morgan fingerprint density at radius 2 is 2.16 bits per heavy atom. The van der Waals surface area contributed by atoms with E-state index in [2.05, 4.69) is 14.9 Å². The molecular weight excluding hydrogens is 318 g/mol. The van der Waals surface area contributed by atoms with Crippen LogP contribution in [0.2, 0.25) is 0 Å². The first-order valence-corrected chi connectivity index (χ1v) is 8.82. The zero-order chi connectivity index (χ0) is 17.3. The molecule has 0 bridgehead atoms. The van der Waals surface area contributed by atoms with Crippen LogP contribution < -0.4 is 0 Å². The summed E-state index contributed by atoms with van der Waals surface area (Å²) in [6.07, 6.45) is 5.15. The van der Waals surface area contributed by atoms with Crippen molar-refractivity contribution in [2.24, 2.45) is 0 Å². The van der Waals surface area contributed by atoms with Gasteiger partial charge in [0.1, 0.15) is 5.82 Å². The Morgan fingerprint density at radius 3 is 2.84 bits per heavy atom. The Kier molecular flexibility index (Phi) is 4.31. The number of nitrogens with zero attached hydrogens (tertiary/aromatic N) is 2. The highest BCUT2D eigenvalue weighted by molar-refractivity contribution is 5.67. The van der Waals surface area contributed by atoms with Crippen molar-refractivity contribution in [1.82, 2.24) is 14.9 Å². The molecule has 1 aromatic heterocycles. The minimum Gasteiger partial charge on any atom is -0.481 e. The van der Waals surface area contributed by atoms with Gasteiger partial charge >= 0.3 is 5.97 Å². The van der Waals surface area contributed by atoms with Gasteiger partial charge in [0.05, 0.1) is 19.1 Å². The molecule has 1 aliphatic heterocycles. The van der Waals surface area contributed by atoms with Gasteiger partial charge in [-0.05, 0) is 19.3 Å². The maximum atomic E-state index is 11.0. The van der Waals surface area contributed by atoms with Gasteiger partial charge < -0.3 is 14.8 Å². The highest BCUT2D eigenvalue weighted by Gasteiger charge is 2.47. The van der Waals surface area contributed by atoms with E-state index in [9.17, 15) is 4.79 Å². The summed E-state index contributed by atoms with van der Waals surface area (Å²) in [5.41, 5.74) is 2.20. The first kappa shape index (κ1) is 16.3. The molecule has 4 rings (SSSR count). The molecule has 25 heavy (non-hydrogen) atoms. The zero-order valence-corrected chi connectivity index (χ0v) is 14.1. The number of rotatable bonds is 5. The predicted octanol–water partition coefficient (Wildman–Crippen LogP) is 2.67. The van der Waals surface area contributed by atoms with Gasteiger partial charge in [0, 0.05) is 36.1 Å². The molecule has 2 aliphatic rings. The lowest BCUT2D eigenvalue weighted by molar-refractivity contribution is -0.161. The number of morpholine rings is 1. The largest absolute Gasteiger partial charge is 0.481 e. The minimum atomic E-state index is -0.803. The van der Waals surface area contributed by atoms with Crippen LogP contribution >= 0.6 is 0 Å². The van der Waals surface area contributed by atoms with Crippen LogP contribution in [0.3, 0.4) is 0 Å². The molecule has 1 atom stereocenters. The Labute approximate surface area is 146 Å². The van der Waals surface area contributed by atoms with E-state index in [0.29, 0.717) is 13.2 Å². The lowest BCUT2D eigenvalue weighted by Crippen LogP contribution is -2.62. The SMILES string of the molecule is O=C(O)CC1CN(Cc2cnc(-c3ccccc3)[nH]2)C2(CCC2)CO1. The molecule has 2 fully saturated rings. The van der Waals surface area contributed by atoms with Crippen molar-refractivity contribution in [2.45, 2.75) is 43.9 Å². The standard InChI is InChI=1S/C19H23N3O3/c23-17(24)9-16-12-22(19(13-25-16)7-4-8-19)11-15-10-20-18(21-15)14-5-2-1-3-6-14/h1-3,5-6,10,16H,4,7-9,11-13H2,(H,20,21)(H,23,24). The van der Waals surface area contributed by atoms with E-state index < -0.39 is 5.97 Å². The highest BCUT2D eigenvalue weighted by Crippen LogP contribution is 2.41. The number of nitrogens with one attached hydrogen (secondary N) is 1. The second-order valence-corrected chi connectivity index (χ2v) is 7.11. The summed E-state index contributed by atoms with van der Waals surface area (Å²) in [6, 6.07) is 10.1. The fraction of sp³-hybridized carbons (Fsp3) is 0.474. The number of imidazole rings is 1. The number of ether oxygens (including phenoxy) is 1. The molecule has 1 saturated carbocycles. The molecule has 2 aromatic rings. The monoisotopic (exact) mass is 341 g/mol. The van der Waals surface area contributed by atoms with Gasteiger partial charge in [-0.3, -0.25) is 9.69 Å². The first-order valence-electron chi connectivity index (χ1n) is 8.82. The van der Waals surface area contributed by atoms with Crippen LogP contribution in [-0.4, -0.2) is 50.7 Å². The molecule has 132 valence electrons. The number of carboxylic acid groups (broad SMARTS) is 1. The summed E-state index contributed by atoms with van der Waals surface area (Å²) in [5.74, 6) is 0.0658. The molecule has 1 unspecified atom stereocenters. The fourth-order valence-corrected chi connectivity index (χ4v) is 3.84. The van der Waals surface area contributed by atoms with Crippen molar-refractivity contribution in [2.75, 3.05) is 13.2 Å². The molecule has 1 aliphatic carbocycles. The molecule has 2 heterocycles. The number of carboxylic acids is 1. The molecular formula is C19H23N3O3. The van der Waals surface area contributed by atoms with Crippen molar-refractivity contribution in [3.05, 3.63) is 42.2 Å². The van der Waals surface area contributed by atoms with Crippen LogP contribution in [0.25, 0.3) is 11.4 Å². The van der Waals surface area contributed by atoms with E-state index in [0.717, 1.165) is 36.5 Å². The van der Waals surface area contributed by atoms with Crippen LogP contribution in [0.4, 0.5) is 0 Å². The van der Waals surface area contributed by atoms with Crippen LogP contribution in [0, 0.1) is 0 Å². The molecule has 2 N–H and O–H groups in total. The lowest BCUT2D eigenvalue weighted by atomic mass is 9.74. The first-order chi connectivity index (χ1) is 12.1. The number of carbonyl (C=O) groups is 1. The summed E-state index contributed by atoms with van der Waals surface area (Å²) in [4.78, 5) is 21.3.